The van der Waals surface area contributed by atoms with E-state index < -0.39 is 11.2 Å². The van der Waals surface area contributed by atoms with Crippen molar-refractivity contribution in [3.63, 3.8) is 0 Å². The monoisotopic (exact) mass is 387 g/mol. The summed E-state index contributed by atoms with van der Waals surface area (Å²) in [6.07, 6.45) is 12.4. The molecule has 0 atom stereocenters. The summed E-state index contributed by atoms with van der Waals surface area (Å²) in [7, 11) is 0. The van der Waals surface area contributed by atoms with Gasteiger partial charge < -0.3 is 10.5 Å². The van der Waals surface area contributed by atoms with Crippen molar-refractivity contribution in [2.45, 2.75) is 109 Å². The van der Waals surface area contributed by atoms with Crippen LogP contribution in [-0.4, -0.2) is 45.0 Å². The molecule has 2 aliphatic carbocycles. The number of amidine groups is 2. The second-order valence-corrected chi connectivity index (χ2v) is 10.1. The molecule has 6 heteroatoms. The highest BCUT2D eigenvalue weighted by molar-refractivity contribution is 6.09. The molecule has 2 saturated carbocycles. The van der Waals surface area contributed by atoms with E-state index in [9.17, 15) is 5.21 Å². The molecule has 4 rings (SSSR count). The van der Waals surface area contributed by atoms with E-state index in [0.29, 0.717) is 11.8 Å². The molecule has 0 aromatic heterocycles. The molecule has 0 saturated heterocycles. The Balaban J connectivity index is 1.68. The van der Waals surface area contributed by atoms with Gasteiger partial charge in [-0.3, -0.25) is 4.99 Å². The number of hydrogen-bond acceptors (Lipinski definition) is 6. The molecule has 0 unspecified atom stereocenters. The molecular formula is C22H37N5O. The van der Waals surface area contributed by atoms with Gasteiger partial charge in [-0.25, -0.2) is 9.98 Å². The largest absolute Gasteiger partial charge is 0.332 e. The highest BCUT2D eigenvalue weighted by Crippen LogP contribution is 2.36. The molecular weight excluding hydrogens is 350 g/mol. The zero-order chi connectivity index (χ0) is 19.9. The fourth-order valence-electron chi connectivity index (χ4n) is 5.42. The molecule has 156 valence electrons. The molecule has 2 heterocycles. The number of aliphatic imine (C=N–C) groups is 3. The summed E-state index contributed by atoms with van der Waals surface area (Å²) in [6, 6.07) is 0. The fourth-order valence-corrected chi connectivity index (χ4v) is 5.42. The van der Waals surface area contributed by atoms with Crippen LogP contribution in [0, 0.1) is 11.8 Å². The maximum atomic E-state index is 10.7. The molecule has 6 nitrogen and oxygen atoms in total. The van der Waals surface area contributed by atoms with Crippen LogP contribution in [0.15, 0.2) is 15.0 Å². The Morgan fingerprint density at radius 1 is 0.821 bits per heavy atom. The lowest BCUT2D eigenvalue weighted by molar-refractivity contribution is -0.188. The maximum absolute atomic E-state index is 10.7. The lowest BCUT2D eigenvalue weighted by atomic mass is 9.85. The van der Waals surface area contributed by atoms with Gasteiger partial charge in [0.1, 0.15) is 17.3 Å². The van der Waals surface area contributed by atoms with E-state index in [1.54, 1.807) is 0 Å². The third-order valence-electron chi connectivity index (χ3n) is 7.08. The van der Waals surface area contributed by atoms with Gasteiger partial charge in [0.2, 0.25) is 0 Å². The Hall–Kier alpha value is -1.27. The van der Waals surface area contributed by atoms with Crippen LogP contribution in [-0.2, 0) is 0 Å². The summed E-state index contributed by atoms with van der Waals surface area (Å²) in [5.41, 5.74) is -0.346. The first-order valence-corrected chi connectivity index (χ1v) is 11.3. The van der Waals surface area contributed by atoms with Gasteiger partial charge in [-0.2, -0.15) is 5.06 Å². The molecule has 0 spiro atoms. The van der Waals surface area contributed by atoms with Crippen LogP contribution < -0.4 is 5.32 Å². The molecule has 2 N–H and O–H groups in total. The van der Waals surface area contributed by atoms with Crippen molar-refractivity contribution < 1.29 is 5.21 Å². The quantitative estimate of drug-likeness (QED) is 0.747. The number of hydrogen-bond donors (Lipinski definition) is 2. The maximum Gasteiger partial charge on any atom is 0.183 e. The highest BCUT2D eigenvalue weighted by Gasteiger charge is 2.50. The van der Waals surface area contributed by atoms with E-state index in [-0.39, 0.29) is 6.17 Å². The summed E-state index contributed by atoms with van der Waals surface area (Å²) in [6.45, 7) is 7.93. The van der Waals surface area contributed by atoms with Gasteiger partial charge in [0.05, 0.1) is 11.3 Å². The average Bonchev–Trinajstić information content (AvgIpc) is 2.88. The van der Waals surface area contributed by atoms with Crippen molar-refractivity contribution in [2.75, 3.05) is 0 Å². The summed E-state index contributed by atoms with van der Waals surface area (Å²) in [4.78, 5) is 15.0. The van der Waals surface area contributed by atoms with E-state index in [1.165, 1.54) is 69.3 Å². The SMILES string of the molecule is CC1(C)N=C(C2N=C(C3CCCCC3)NC(C3CCCCC3)=N2)C(C)(C)N1O. The minimum absolute atomic E-state index is 0.318. The van der Waals surface area contributed by atoms with Crippen molar-refractivity contribution in [2.24, 2.45) is 26.8 Å². The van der Waals surface area contributed by atoms with E-state index in [0.717, 1.165) is 17.4 Å². The Morgan fingerprint density at radius 3 is 1.68 bits per heavy atom. The van der Waals surface area contributed by atoms with Gasteiger partial charge in [0, 0.05) is 11.8 Å². The van der Waals surface area contributed by atoms with Crippen molar-refractivity contribution in [1.29, 1.82) is 0 Å². The zero-order valence-corrected chi connectivity index (χ0v) is 18.0. The van der Waals surface area contributed by atoms with Crippen LogP contribution in [0.3, 0.4) is 0 Å². The Labute approximate surface area is 169 Å². The van der Waals surface area contributed by atoms with E-state index in [2.05, 4.69) is 5.32 Å². The van der Waals surface area contributed by atoms with Crippen LogP contribution in [0.2, 0.25) is 0 Å². The predicted molar refractivity (Wildman–Crippen MR) is 114 cm³/mol. The van der Waals surface area contributed by atoms with E-state index >= 15 is 0 Å². The predicted octanol–water partition coefficient (Wildman–Crippen LogP) is 4.53. The lowest BCUT2D eigenvalue weighted by Gasteiger charge is -2.36. The molecule has 2 aliphatic heterocycles. The number of nitrogens with one attached hydrogen (secondary N) is 1. The molecule has 2 fully saturated rings. The molecule has 0 aromatic rings. The van der Waals surface area contributed by atoms with Crippen molar-refractivity contribution in [3.05, 3.63) is 0 Å². The van der Waals surface area contributed by atoms with Gasteiger partial charge in [-0.1, -0.05) is 38.5 Å². The first-order chi connectivity index (χ1) is 13.3. The summed E-state index contributed by atoms with van der Waals surface area (Å²) < 4.78 is 0. The number of nitrogens with zero attached hydrogens (tertiary/aromatic N) is 4. The third kappa shape index (κ3) is 3.65. The standard InChI is InChI=1S/C22H37N5O/c1-21(2)17(26-22(3,4)27(21)28)20-24-18(15-11-7-5-8-12-15)23-19(25-20)16-13-9-6-10-14-16/h15-16,20,28H,5-14H2,1-4H3,(H,23,24,25). The highest BCUT2D eigenvalue weighted by atomic mass is 16.5. The Bertz CT molecular complexity index is 647. The fraction of sp³-hybridized carbons (Fsp3) is 0.864. The second kappa shape index (κ2) is 7.52. The Morgan fingerprint density at radius 2 is 1.29 bits per heavy atom. The van der Waals surface area contributed by atoms with Gasteiger partial charge in [0.25, 0.3) is 0 Å². The van der Waals surface area contributed by atoms with E-state index in [1.807, 2.05) is 27.7 Å². The molecule has 0 amide bonds. The normalized spacial score (nSPS) is 29.8. The zero-order valence-electron chi connectivity index (χ0n) is 18.0. The molecule has 4 aliphatic rings. The van der Waals surface area contributed by atoms with Gasteiger partial charge in [0.15, 0.2) is 6.17 Å². The van der Waals surface area contributed by atoms with Crippen LogP contribution in [0.1, 0.15) is 91.9 Å². The number of rotatable bonds is 3. The van der Waals surface area contributed by atoms with Gasteiger partial charge in [-0.15, -0.1) is 0 Å². The molecule has 0 radical (unpaired) electrons. The van der Waals surface area contributed by atoms with Gasteiger partial charge in [-0.05, 0) is 53.4 Å². The molecule has 28 heavy (non-hydrogen) atoms. The first kappa shape index (κ1) is 20.0. The second-order valence-electron chi connectivity index (χ2n) is 10.1. The summed E-state index contributed by atoms with van der Waals surface area (Å²) >= 11 is 0. The van der Waals surface area contributed by atoms with Crippen LogP contribution in [0.25, 0.3) is 0 Å². The topological polar surface area (TPSA) is 72.6 Å². The lowest BCUT2D eigenvalue weighted by Crippen LogP contribution is -2.53. The number of hydroxylamine groups is 2. The first-order valence-electron chi connectivity index (χ1n) is 11.3. The molecule has 0 bridgehead atoms. The van der Waals surface area contributed by atoms with Crippen LogP contribution in [0.5, 0.6) is 0 Å². The van der Waals surface area contributed by atoms with E-state index in [4.69, 9.17) is 15.0 Å². The van der Waals surface area contributed by atoms with Crippen LogP contribution >= 0.6 is 0 Å². The van der Waals surface area contributed by atoms with Crippen LogP contribution in [0.4, 0.5) is 0 Å². The van der Waals surface area contributed by atoms with Crippen molar-refractivity contribution in [3.8, 4) is 0 Å². The summed E-state index contributed by atoms with van der Waals surface area (Å²) in [5.74, 6) is 3.25. The minimum atomic E-state index is -0.648. The van der Waals surface area contributed by atoms with Crippen molar-refractivity contribution in [1.82, 2.24) is 10.4 Å². The Kier molecular flexibility index (Phi) is 5.38. The van der Waals surface area contributed by atoms with Crippen molar-refractivity contribution >= 4 is 17.4 Å². The minimum Gasteiger partial charge on any atom is -0.332 e. The average molecular weight is 388 g/mol. The smallest absolute Gasteiger partial charge is 0.183 e. The molecule has 0 aromatic carbocycles. The summed E-state index contributed by atoms with van der Waals surface area (Å²) in [5, 5.41) is 15.8. The van der Waals surface area contributed by atoms with Gasteiger partial charge >= 0.3 is 0 Å². The third-order valence-corrected chi connectivity index (χ3v) is 7.08.